The number of halogens is 1. The van der Waals surface area contributed by atoms with Crippen LogP contribution in [0, 0.1) is 12.7 Å². The number of hydrogen-bond acceptors (Lipinski definition) is 4. The van der Waals surface area contributed by atoms with Gasteiger partial charge in [-0.25, -0.2) is 9.18 Å². The minimum absolute atomic E-state index is 0.00815. The van der Waals surface area contributed by atoms with E-state index in [9.17, 15) is 14.0 Å². The van der Waals surface area contributed by atoms with Crippen LogP contribution in [0.25, 0.3) is 0 Å². The molecule has 1 atom stereocenters. The van der Waals surface area contributed by atoms with Gasteiger partial charge in [0.2, 0.25) is 0 Å². The Morgan fingerprint density at radius 3 is 2.95 bits per heavy atom. The first-order valence-corrected chi connectivity index (χ1v) is 6.99. The molecule has 1 aliphatic heterocycles. The fourth-order valence-corrected chi connectivity index (χ4v) is 2.35. The molecule has 1 aliphatic rings. The molecule has 1 N–H and O–H groups in total. The van der Waals surface area contributed by atoms with E-state index >= 15 is 0 Å². The number of benzene rings is 1. The zero-order valence-corrected chi connectivity index (χ0v) is 12.2. The van der Waals surface area contributed by atoms with Crippen molar-refractivity contribution in [3.8, 4) is 0 Å². The Hall–Kier alpha value is -1.95. The number of carbonyl (C=O) groups is 2. The van der Waals surface area contributed by atoms with Crippen molar-refractivity contribution in [2.45, 2.75) is 19.9 Å². The van der Waals surface area contributed by atoms with E-state index in [4.69, 9.17) is 4.74 Å². The number of rotatable bonds is 3. The van der Waals surface area contributed by atoms with Gasteiger partial charge in [-0.15, -0.1) is 0 Å². The van der Waals surface area contributed by atoms with Crippen molar-refractivity contribution in [2.75, 3.05) is 26.2 Å². The van der Waals surface area contributed by atoms with Gasteiger partial charge in [-0.1, -0.05) is 11.6 Å². The molecule has 5 nitrogen and oxygen atoms in total. The van der Waals surface area contributed by atoms with E-state index < -0.39 is 23.7 Å². The van der Waals surface area contributed by atoms with Gasteiger partial charge in [-0.2, -0.15) is 0 Å². The molecule has 1 aromatic rings. The fourth-order valence-electron chi connectivity index (χ4n) is 2.35. The summed E-state index contributed by atoms with van der Waals surface area (Å²) in [5.74, 6) is -1.52. The van der Waals surface area contributed by atoms with Gasteiger partial charge >= 0.3 is 5.97 Å². The van der Waals surface area contributed by atoms with Gasteiger partial charge in [0.25, 0.3) is 5.91 Å². The third-order valence-electron chi connectivity index (χ3n) is 3.42. The Morgan fingerprint density at radius 2 is 2.24 bits per heavy atom. The van der Waals surface area contributed by atoms with E-state index in [0.29, 0.717) is 19.6 Å². The molecular formula is C15H19FN2O3. The number of ether oxygens (including phenoxy) is 1. The lowest BCUT2D eigenvalue weighted by molar-refractivity contribution is -0.149. The number of amides is 1. The minimum atomic E-state index is -0.717. The van der Waals surface area contributed by atoms with E-state index in [1.54, 1.807) is 19.9 Å². The third kappa shape index (κ3) is 3.39. The van der Waals surface area contributed by atoms with E-state index in [-0.39, 0.29) is 12.2 Å². The molecule has 1 fully saturated rings. The highest BCUT2D eigenvalue weighted by Crippen LogP contribution is 2.16. The van der Waals surface area contributed by atoms with Gasteiger partial charge in [-0.05, 0) is 26.0 Å². The molecule has 21 heavy (non-hydrogen) atoms. The Kier molecular flexibility index (Phi) is 4.90. The van der Waals surface area contributed by atoms with Gasteiger partial charge in [0.15, 0.2) is 0 Å². The summed E-state index contributed by atoms with van der Waals surface area (Å²) in [5, 5.41) is 3.05. The van der Waals surface area contributed by atoms with Crippen molar-refractivity contribution in [2.24, 2.45) is 0 Å². The fraction of sp³-hybridized carbons (Fsp3) is 0.467. The molecule has 114 valence electrons. The number of aryl methyl sites for hydroxylation is 1. The van der Waals surface area contributed by atoms with Crippen LogP contribution >= 0.6 is 0 Å². The van der Waals surface area contributed by atoms with Crippen LogP contribution in [0.15, 0.2) is 18.2 Å². The molecule has 0 spiro atoms. The molecular weight excluding hydrogens is 275 g/mol. The van der Waals surface area contributed by atoms with Crippen LogP contribution in [0.2, 0.25) is 0 Å². The van der Waals surface area contributed by atoms with Crippen molar-refractivity contribution < 1.29 is 18.7 Å². The first-order chi connectivity index (χ1) is 10.0. The molecule has 0 aliphatic carbocycles. The van der Waals surface area contributed by atoms with Crippen molar-refractivity contribution in [1.29, 1.82) is 0 Å². The number of hydrogen-bond donors (Lipinski definition) is 1. The normalized spacial score (nSPS) is 18.4. The van der Waals surface area contributed by atoms with Crippen LogP contribution in [0.4, 0.5) is 4.39 Å². The highest BCUT2D eigenvalue weighted by molar-refractivity contribution is 5.97. The molecule has 1 saturated heterocycles. The second kappa shape index (κ2) is 6.67. The Morgan fingerprint density at radius 1 is 1.48 bits per heavy atom. The Bertz CT molecular complexity index is 548. The van der Waals surface area contributed by atoms with Gasteiger partial charge in [0.1, 0.15) is 11.9 Å². The molecule has 0 radical (unpaired) electrons. The van der Waals surface area contributed by atoms with Crippen LogP contribution in [-0.4, -0.2) is 49.1 Å². The molecule has 0 bridgehead atoms. The smallest absolute Gasteiger partial charge is 0.330 e. The van der Waals surface area contributed by atoms with Gasteiger partial charge < -0.3 is 15.0 Å². The highest BCUT2D eigenvalue weighted by atomic mass is 19.1. The van der Waals surface area contributed by atoms with Gasteiger partial charge in [0.05, 0.1) is 12.2 Å². The summed E-state index contributed by atoms with van der Waals surface area (Å²) in [6.07, 6.45) is 0. The largest absolute Gasteiger partial charge is 0.464 e. The maximum absolute atomic E-state index is 13.9. The third-order valence-corrected chi connectivity index (χ3v) is 3.42. The average Bonchev–Trinajstić information content (AvgIpc) is 2.49. The molecule has 1 aromatic carbocycles. The predicted molar refractivity (Wildman–Crippen MR) is 75.5 cm³/mol. The number of piperazine rings is 1. The van der Waals surface area contributed by atoms with Crippen LogP contribution in [0.5, 0.6) is 0 Å². The Labute approximate surface area is 123 Å². The average molecular weight is 294 g/mol. The van der Waals surface area contributed by atoms with E-state index in [0.717, 1.165) is 5.56 Å². The number of esters is 1. The maximum Gasteiger partial charge on any atom is 0.330 e. The standard InChI is InChI=1S/C15H19FN2O3/c1-3-21-15(20)13-9-17-6-7-18(13)14(19)11-8-10(2)4-5-12(11)16/h4-5,8,13,17H,3,6-7,9H2,1-2H3. The number of carbonyl (C=O) groups excluding carboxylic acids is 2. The monoisotopic (exact) mass is 294 g/mol. The van der Waals surface area contributed by atoms with Crippen molar-refractivity contribution in [1.82, 2.24) is 10.2 Å². The van der Waals surface area contributed by atoms with Crippen molar-refractivity contribution >= 4 is 11.9 Å². The number of nitrogens with zero attached hydrogens (tertiary/aromatic N) is 1. The van der Waals surface area contributed by atoms with Crippen LogP contribution in [-0.2, 0) is 9.53 Å². The zero-order chi connectivity index (χ0) is 15.4. The molecule has 1 heterocycles. The lowest BCUT2D eigenvalue weighted by Crippen LogP contribution is -2.57. The van der Waals surface area contributed by atoms with Crippen molar-refractivity contribution in [3.63, 3.8) is 0 Å². The van der Waals surface area contributed by atoms with E-state index in [2.05, 4.69) is 5.32 Å². The summed E-state index contributed by atoms with van der Waals surface area (Å²) in [6.45, 7) is 4.97. The maximum atomic E-state index is 13.9. The van der Waals surface area contributed by atoms with Crippen molar-refractivity contribution in [3.05, 3.63) is 35.1 Å². The molecule has 2 rings (SSSR count). The zero-order valence-electron chi connectivity index (χ0n) is 12.2. The lowest BCUT2D eigenvalue weighted by atomic mass is 10.1. The Balaban J connectivity index is 2.26. The van der Waals surface area contributed by atoms with Gasteiger partial charge in [-0.3, -0.25) is 4.79 Å². The summed E-state index contributed by atoms with van der Waals surface area (Å²) in [5.41, 5.74) is 0.786. The van der Waals surface area contributed by atoms with Crippen LogP contribution < -0.4 is 5.32 Å². The molecule has 0 saturated carbocycles. The van der Waals surface area contributed by atoms with E-state index in [1.807, 2.05) is 0 Å². The topological polar surface area (TPSA) is 58.6 Å². The quantitative estimate of drug-likeness (QED) is 0.849. The first-order valence-electron chi connectivity index (χ1n) is 6.99. The first kappa shape index (κ1) is 15.4. The molecule has 0 aromatic heterocycles. The summed E-state index contributed by atoms with van der Waals surface area (Å²) in [7, 11) is 0. The SMILES string of the molecule is CCOC(=O)C1CNCCN1C(=O)c1cc(C)ccc1F. The minimum Gasteiger partial charge on any atom is -0.464 e. The highest BCUT2D eigenvalue weighted by Gasteiger charge is 2.34. The number of nitrogens with one attached hydrogen (secondary N) is 1. The summed E-state index contributed by atoms with van der Waals surface area (Å²) in [4.78, 5) is 25.9. The molecule has 1 unspecified atom stereocenters. The molecule has 1 amide bonds. The summed E-state index contributed by atoms with van der Waals surface area (Å²) >= 11 is 0. The second-order valence-electron chi connectivity index (χ2n) is 4.95. The summed E-state index contributed by atoms with van der Waals surface area (Å²) < 4.78 is 18.9. The second-order valence-corrected chi connectivity index (χ2v) is 4.95. The van der Waals surface area contributed by atoms with Gasteiger partial charge in [0, 0.05) is 19.6 Å². The van der Waals surface area contributed by atoms with Crippen LogP contribution in [0.3, 0.4) is 0 Å². The van der Waals surface area contributed by atoms with Crippen LogP contribution in [0.1, 0.15) is 22.8 Å². The van der Waals surface area contributed by atoms with E-state index in [1.165, 1.54) is 17.0 Å². The predicted octanol–water partition coefficient (Wildman–Crippen LogP) is 1.11. The lowest BCUT2D eigenvalue weighted by Gasteiger charge is -2.34. The summed E-state index contributed by atoms with van der Waals surface area (Å²) in [6, 6.07) is 3.66. The molecule has 6 heteroatoms.